The van der Waals surface area contributed by atoms with E-state index in [4.69, 9.17) is 11.6 Å². The van der Waals surface area contributed by atoms with Crippen molar-refractivity contribution in [3.8, 4) is 0 Å². The van der Waals surface area contributed by atoms with Crippen LogP contribution >= 0.6 is 27.5 Å². The van der Waals surface area contributed by atoms with Gasteiger partial charge in [0.1, 0.15) is 5.82 Å². The minimum absolute atomic E-state index is 0.180. The number of hydrogen-bond acceptors (Lipinski definition) is 2. The van der Waals surface area contributed by atoms with Crippen LogP contribution in [0.4, 0.5) is 0 Å². The van der Waals surface area contributed by atoms with E-state index in [0.717, 1.165) is 27.3 Å². The summed E-state index contributed by atoms with van der Waals surface area (Å²) in [6.07, 6.45) is 4.59. The van der Waals surface area contributed by atoms with Gasteiger partial charge in [0.15, 0.2) is 0 Å². The molecule has 0 amide bonds. The molecule has 1 N–H and O–H groups in total. The summed E-state index contributed by atoms with van der Waals surface area (Å²) in [6, 6.07) is 6.01. The Morgan fingerprint density at radius 1 is 1.50 bits per heavy atom. The number of nitrogens with one attached hydrogen (secondary N) is 1. The average molecular weight is 329 g/mol. The molecule has 1 heterocycles. The first kappa shape index (κ1) is 13.6. The van der Waals surface area contributed by atoms with Crippen LogP contribution < -0.4 is 5.32 Å². The number of aryl methyl sites for hydroxylation is 1. The van der Waals surface area contributed by atoms with E-state index in [1.54, 1.807) is 0 Å². The van der Waals surface area contributed by atoms with E-state index in [1.807, 2.05) is 49.3 Å². The van der Waals surface area contributed by atoms with Gasteiger partial charge < -0.3 is 9.88 Å². The van der Waals surface area contributed by atoms with E-state index >= 15 is 0 Å². The molecule has 0 aliphatic heterocycles. The van der Waals surface area contributed by atoms with Crippen LogP contribution in [0.1, 0.15) is 17.4 Å². The molecule has 96 valence electrons. The molecule has 0 saturated heterocycles. The van der Waals surface area contributed by atoms with Gasteiger partial charge in [-0.3, -0.25) is 0 Å². The highest BCUT2D eigenvalue weighted by molar-refractivity contribution is 9.10. The van der Waals surface area contributed by atoms with E-state index in [0.29, 0.717) is 0 Å². The molecule has 1 atom stereocenters. The molecule has 0 saturated carbocycles. The minimum Gasteiger partial charge on any atom is -0.338 e. The van der Waals surface area contributed by atoms with E-state index in [9.17, 15) is 0 Å². The smallest absolute Gasteiger partial charge is 0.110 e. The van der Waals surface area contributed by atoms with Gasteiger partial charge in [0, 0.05) is 41.4 Å². The second kappa shape index (κ2) is 5.87. The van der Waals surface area contributed by atoms with Crippen molar-refractivity contribution in [2.45, 2.75) is 12.5 Å². The van der Waals surface area contributed by atoms with Gasteiger partial charge in [-0.2, -0.15) is 0 Å². The zero-order valence-corrected chi connectivity index (χ0v) is 12.7. The number of rotatable bonds is 4. The van der Waals surface area contributed by atoms with Gasteiger partial charge in [0.05, 0.1) is 0 Å². The zero-order chi connectivity index (χ0) is 13.1. The predicted molar refractivity (Wildman–Crippen MR) is 77.9 cm³/mol. The number of likely N-dealkylation sites (N-methyl/N-ethyl adjacent to an activating group) is 1. The molecule has 2 aromatic rings. The van der Waals surface area contributed by atoms with Crippen LogP contribution in [0.25, 0.3) is 0 Å². The Labute approximate surface area is 120 Å². The van der Waals surface area contributed by atoms with Crippen molar-refractivity contribution in [1.82, 2.24) is 14.9 Å². The predicted octanol–water partition coefficient (Wildman–Crippen LogP) is 3.34. The molecule has 0 spiro atoms. The molecule has 1 unspecified atom stereocenters. The standard InChI is InChI=1S/C13H15BrClN3/c1-16-12(8-13-17-5-6-18(13)2)10-7-9(15)3-4-11(10)14/h3-7,12,16H,8H2,1-2H3. The number of hydrogen-bond donors (Lipinski definition) is 1. The zero-order valence-electron chi connectivity index (χ0n) is 10.3. The van der Waals surface area contributed by atoms with Crippen LogP contribution in [0, 0.1) is 0 Å². The lowest BCUT2D eigenvalue weighted by Gasteiger charge is -2.18. The number of benzene rings is 1. The van der Waals surface area contributed by atoms with E-state index in [2.05, 4.69) is 26.2 Å². The topological polar surface area (TPSA) is 29.9 Å². The second-order valence-corrected chi connectivity index (χ2v) is 5.46. The minimum atomic E-state index is 0.180. The SMILES string of the molecule is CNC(Cc1nccn1C)c1cc(Cl)ccc1Br. The van der Waals surface area contributed by atoms with Crippen molar-refractivity contribution >= 4 is 27.5 Å². The fraction of sp³-hybridized carbons (Fsp3) is 0.308. The van der Waals surface area contributed by atoms with E-state index in [1.165, 1.54) is 0 Å². The molecule has 3 nitrogen and oxygen atoms in total. The maximum atomic E-state index is 6.06. The third-order valence-corrected chi connectivity index (χ3v) is 3.95. The van der Waals surface area contributed by atoms with Crippen molar-refractivity contribution in [1.29, 1.82) is 0 Å². The molecule has 0 fully saturated rings. The Hall–Kier alpha value is -0.840. The molecule has 0 radical (unpaired) electrons. The van der Waals surface area contributed by atoms with Gasteiger partial charge in [-0.25, -0.2) is 4.98 Å². The van der Waals surface area contributed by atoms with Gasteiger partial charge in [0.25, 0.3) is 0 Å². The van der Waals surface area contributed by atoms with Crippen molar-refractivity contribution in [2.75, 3.05) is 7.05 Å². The number of imidazole rings is 1. The molecular formula is C13H15BrClN3. The van der Waals surface area contributed by atoms with Crippen LogP contribution in [0.3, 0.4) is 0 Å². The van der Waals surface area contributed by atoms with Crippen molar-refractivity contribution < 1.29 is 0 Å². The molecule has 2 rings (SSSR count). The maximum absolute atomic E-state index is 6.06. The molecule has 18 heavy (non-hydrogen) atoms. The first-order valence-electron chi connectivity index (χ1n) is 5.70. The van der Waals surface area contributed by atoms with Gasteiger partial charge in [-0.15, -0.1) is 0 Å². The lowest BCUT2D eigenvalue weighted by atomic mass is 10.0. The van der Waals surface area contributed by atoms with Gasteiger partial charge in [-0.1, -0.05) is 27.5 Å². The van der Waals surface area contributed by atoms with Gasteiger partial charge in [-0.05, 0) is 30.8 Å². The van der Waals surface area contributed by atoms with E-state index in [-0.39, 0.29) is 6.04 Å². The highest BCUT2D eigenvalue weighted by atomic mass is 79.9. The summed E-state index contributed by atoms with van der Waals surface area (Å²) in [6.45, 7) is 0. The number of halogens is 2. The molecule has 0 aliphatic carbocycles. The Morgan fingerprint density at radius 2 is 2.28 bits per heavy atom. The normalized spacial score (nSPS) is 12.7. The molecule has 0 aliphatic rings. The second-order valence-electron chi connectivity index (χ2n) is 4.17. The lowest BCUT2D eigenvalue weighted by Crippen LogP contribution is -2.21. The quantitative estimate of drug-likeness (QED) is 0.933. The summed E-state index contributed by atoms with van der Waals surface area (Å²) in [5.74, 6) is 1.04. The van der Waals surface area contributed by atoms with Gasteiger partial charge in [0.2, 0.25) is 0 Å². The molecule has 5 heteroatoms. The monoisotopic (exact) mass is 327 g/mol. The molecule has 1 aromatic heterocycles. The Kier molecular flexibility index (Phi) is 4.43. The van der Waals surface area contributed by atoms with Crippen LogP contribution in [0.5, 0.6) is 0 Å². The van der Waals surface area contributed by atoms with Crippen LogP contribution in [0.15, 0.2) is 35.1 Å². The summed E-state index contributed by atoms with van der Waals surface area (Å²) < 4.78 is 3.09. The van der Waals surface area contributed by atoms with Crippen molar-refractivity contribution in [2.24, 2.45) is 7.05 Å². The van der Waals surface area contributed by atoms with Crippen LogP contribution in [-0.4, -0.2) is 16.6 Å². The van der Waals surface area contributed by atoms with Crippen LogP contribution in [-0.2, 0) is 13.5 Å². The first-order chi connectivity index (χ1) is 8.61. The molecule has 1 aromatic carbocycles. The Morgan fingerprint density at radius 3 is 2.89 bits per heavy atom. The fourth-order valence-corrected chi connectivity index (χ4v) is 2.63. The number of nitrogens with zero attached hydrogens (tertiary/aromatic N) is 2. The van der Waals surface area contributed by atoms with E-state index < -0.39 is 0 Å². The summed E-state index contributed by atoms with van der Waals surface area (Å²) in [5, 5.41) is 4.05. The third kappa shape index (κ3) is 2.94. The van der Waals surface area contributed by atoms with Gasteiger partial charge >= 0.3 is 0 Å². The maximum Gasteiger partial charge on any atom is 0.110 e. The Bertz CT molecular complexity index is 539. The van der Waals surface area contributed by atoms with Crippen molar-refractivity contribution in [3.63, 3.8) is 0 Å². The summed E-state index contributed by atoms with van der Waals surface area (Å²) >= 11 is 9.63. The Balaban J connectivity index is 2.28. The summed E-state index contributed by atoms with van der Waals surface area (Å²) in [4.78, 5) is 4.36. The molecule has 0 bridgehead atoms. The number of aromatic nitrogens is 2. The lowest BCUT2D eigenvalue weighted by molar-refractivity contribution is 0.562. The summed E-state index contributed by atoms with van der Waals surface area (Å²) in [5.41, 5.74) is 1.15. The third-order valence-electron chi connectivity index (χ3n) is 2.99. The highest BCUT2D eigenvalue weighted by Gasteiger charge is 2.15. The highest BCUT2D eigenvalue weighted by Crippen LogP contribution is 2.28. The summed E-state index contributed by atoms with van der Waals surface area (Å²) in [7, 11) is 3.95. The average Bonchev–Trinajstić information content (AvgIpc) is 2.75. The first-order valence-corrected chi connectivity index (χ1v) is 6.87. The molecular weight excluding hydrogens is 314 g/mol. The van der Waals surface area contributed by atoms with Crippen LogP contribution in [0.2, 0.25) is 5.02 Å². The largest absolute Gasteiger partial charge is 0.338 e. The fourth-order valence-electron chi connectivity index (χ4n) is 1.92. The van der Waals surface area contributed by atoms with Crippen molar-refractivity contribution in [3.05, 3.63) is 51.5 Å².